The monoisotopic (exact) mass is 933 g/mol. The fourth-order valence-corrected chi connectivity index (χ4v) is 9.89. The third-order valence-electron chi connectivity index (χ3n) is 13.7. The summed E-state index contributed by atoms with van der Waals surface area (Å²) in [5, 5.41) is 6.25. The van der Waals surface area contributed by atoms with Gasteiger partial charge in [-0.3, -0.25) is 0 Å². The Morgan fingerprint density at radius 3 is 1.68 bits per heavy atom. The van der Waals surface area contributed by atoms with Gasteiger partial charge in [-0.15, -0.1) is 0 Å². The maximum absolute atomic E-state index is 5.06. The Morgan fingerprint density at radius 1 is 0.500 bits per heavy atom. The number of rotatable bonds is 7. The van der Waals surface area contributed by atoms with Gasteiger partial charge in [0.25, 0.3) is 0 Å². The molecule has 0 atom stereocenters. The number of hydrogen-bond acceptors (Lipinski definition) is 3. The second-order valence-electron chi connectivity index (χ2n) is 19.1. The molecule has 0 aliphatic heterocycles. The van der Waals surface area contributed by atoms with E-state index in [1.807, 2.05) is 75.4 Å². The quantitative estimate of drug-likeness (QED) is 0.118. The lowest BCUT2D eigenvalue weighted by atomic mass is 9.82. The predicted molar refractivity (Wildman–Crippen MR) is 306 cm³/mol. The molecule has 0 amide bonds. The van der Waals surface area contributed by atoms with E-state index in [9.17, 15) is 0 Å². The molecule has 0 unspecified atom stereocenters. The predicted octanol–water partition coefficient (Wildman–Crippen LogP) is 18.0. The van der Waals surface area contributed by atoms with Crippen molar-refractivity contribution in [2.75, 3.05) is 0 Å². The minimum Gasteiger partial charge on any atom is -0.316 e. The lowest BCUT2D eigenvalue weighted by Crippen LogP contribution is -2.15. The third-order valence-corrected chi connectivity index (χ3v) is 13.7. The highest BCUT2D eigenvalue weighted by Gasteiger charge is 2.36. The largest absolute Gasteiger partial charge is 0.316 e. The number of fused-ring (bicyclic) bond motifs is 10. The molecule has 0 spiro atoms. The second-order valence-corrected chi connectivity index (χ2v) is 19.1. The van der Waals surface area contributed by atoms with Crippen LogP contribution >= 0.6 is 0 Å². The summed E-state index contributed by atoms with van der Waals surface area (Å²) in [6.45, 7) is 18.5. The van der Waals surface area contributed by atoms with Crippen LogP contribution in [0.15, 0.2) is 236 Å². The second kappa shape index (κ2) is 20.0. The van der Waals surface area contributed by atoms with Gasteiger partial charge in [0, 0.05) is 61.2 Å². The van der Waals surface area contributed by atoms with E-state index < -0.39 is 0 Å². The first-order valence-electron chi connectivity index (χ1n) is 24.8. The average Bonchev–Trinajstić information content (AvgIpc) is 4.09. The van der Waals surface area contributed by atoms with E-state index in [-0.39, 0.29) is 5.41 Å². The van der Waals surface area contributed by atoms with Crippen LogP contribution in [0.3, 0.4) is 0 Å². The molecule has 3 heterocycles. The minimum atomic E-state index is -0.275. The summed E-state index contributed by atoms with van der Waals surface area (Å²) in [5.74, 6) is 1.99. The fraction of sp³-hybridized carbons (Fsp3) is 0.119. The zero-order chi connectivity index (χ0) is 49.9. The van der Waals surface area contributed by atoms with E-state index in [1.165, 1.54) is 76.9 Å². The van der Waals surface area contributed by atoms with Crippen LogP contribution in [0.1, 0.15) is 59.6 Å². The van der Waals surface area contributed by atoms with Gasteiger partial charge in [-0.1, -0.05) is 195 Å². The summed E-state index contributed by atoms with van der Waals surface area (Å²) < 4.78 is 4.80. The summed E-state index contributed by atoms with van der Waals surface area (Å²) in [6, 6.07) is 65.0. The van der Waals surface area contributed by atoms with Gasteiger partial charge < -0.3 is 9.13 Å². The molecular weight excluding hydrogens is 875 g/mol. The van der Waals surface area contributed by atoms with E-state index >= 15 is 0 Å². The Bertz CT molecular complexity index is 3820. The molecule has 0 saturated heterocycles. The summed E-state index contributed by atoms with van der Waals surface area (Å²) in [7, 11) is 0. The van der Waals surface area contributed by atoms with Crippen LogP contribution in [-0.2, 0) is 5.41 Å². The minimum absolute atomic E-state index is 0.275. The first-order valence-corrected chi connectivity index (χ1v) is 24.8. The lowest BCUT2D eigenvalue weighted by molar-refractivity contribution is 0.660. The molecular formula is C67H59N5. The fourth-order valence-electron chi connectivity index (χ4n) is 9.89. The van der Waals surface area contributed by atoms with Crippen LogP contribution in [0.25, 0.3) is 100 Å². The van der Waals surface area contributed by atoms with Crippen molar-refractivity contribution in [1.29, 1.82) is 0 Å². The number of benzene rings is 8. The Labute approximate surface area is 423 Å². The van der Waals surface area contributed by atoms with Crippen molar-refractivity contribution in [3.8, 4) is 56.7 Å². The van der Waals surface area contributed by atoms with E-state index in [0.717, 1.165) is 28.1 Å². The molecule has 3 aromatic heterocycles. The van der Waals surface area contributed by atoms with E-state index in [2.05, 4.69) is 207 Å². The van der Waals surface area contributed by atoms with Gasteiger partial charge in [0.1, 0.15) is 0 Å². The van der Waals surface area contributed by atoms with E-state index in [1.54, 1.807) is 0 Å². The normalized spacial score (nSPS) is 12.6. The van der Waals surface area contributed by atoms with Crippen LogP contribution in [-0.4, -0.2) is 24.1 Å². The Morgan fingerprint density at radius 2 is 1.06 bits per heavy atom. The molecule has 0 saturated carbocycles. The van der Waals surface area contributed by atoms with E-state index in [0.29, 0.717) is 17.5 Å². The van der Waals surface area contributed by atoms with Crippen molar-refractivity contribution in [2.45, 2.75) is 53.9 Å². The van der Waals surface area contributed by atoms with Gasteiger partial charge in [0.2, 0.25) is 0 Å². The molecule has 352 valence electrons. The number of nitrogens with zero attached hydrogens (tertiary/aromatic N) is 5. The van der Waals surface area contributed by atoms with Gasteiger partial charge in [-0.25, -0.2) is 15.0 Å². The van der Waals surface area contributed by atoms with Crippen LogP contribution in [0.2, 0.25) is 0 Å². The topological polar surface area (TPSA) is 48.5 Å². The summed E-state index contributed by atoms with van der Waals surface area (Å²) in [4.78, 5) is 15.1. The van der Waals surface area contributed by atoms with Crippen LogP contribution in [0.5, 0.6) is 0 Å². The van der Waals surface area contributed by atoms with Crippen molar-refractivity contribution in [3.63, 3.8) is 0 Å². The van der Waals surface area contributed by atoms with Gasteiger partial charge in [0.05, 0.1) is 16.6 Å². The molecule has 0 bridgehead atoms. The van der Waals surface area contributed by atoms with Crippen molar-refractivity contribution in [2.24, 2.45) is 0 Å². The van der Waals surface area contributed by atoms with Gasteiger partial charge in [-0.05, 0) is 111 Å². The Balaban J connectivity index is 0.000000409. The van der Waals surface area contributed by atoms with Gasteiger partial charge in [-0.2, -0.15) is 0 Å². The van der Waals surface area contributed by atoms with Crippen molar-refractivity contribution in [3.05, 3.63) is 247 Å². The summed E-state index contributed by atoms with van der Waals surface area (Å²) in [6.07, 6.45) is 12.2. The zero-order valence-corrected chi connectivity index (χ0v) is 42.2. The molecule has 11 aromatic rings. The van der Waals surface area contributed by atoms with Crippen LogP contribution in [0.4, 0.5) is 0 Å². The molecule has 0 fully saturated rings. The first kappa shape index (κ1) is 47.0. The number of aromatic nitrogens is 5. The molecule has 0 radical (unpaired) electrons. The standard InChI is InChI=1S/C54H37N5.C9H14.C4H8/c1-54(2)44-32-38(53-56-51(36-14-6-3-7-15-36)55-52(57-53)37-16-8-4-9-17-37)24-27-41(44)42-28-26-40(33-45(42)54)59-46-21-13-12-20-43(46)49-47(59)29-25-34-22-23-35-30-31-58(50(35)48(34)49)39-18-10-5-11-19-39;1-5-9(4)7-6-8(2)3;1-3-4-2/h3-33H,1-2H3;5-7H,1H2,2-4H3;3-4H,1-2H3/b;9-7+;4-3-. The SMILES string of the molecule is C/C=C\C.C=C/C(C)=C/C=C(C)C.CC1(C)c2cc(-c3nc(-c4ccccc4)nc(-c4ccccc4)n3)ccc2-c2ccc(-n3c4ccccc4c4c5c(ccc6ccn(-c7ccccc7)c65)ccc43)cc21. The van der Waals surface area contributed by atoms with Gasteiger partial charge >= 0.3 is 0 Å². The molecule has 1 aliphatic carbocycles. The van der Waals surface area contributed by atoms with E-state index in [4.69, 9.17) is 15.0 Å². The highest BCUT2D eigenvalue weighted by molar-refractivity contribution is 6.27. The molecule has 0 N–H and O–H groups in total. The molecule has 72 heavy (non-hydrogen) atoms. The Hall–Kier alpha value is -8.67. The zero-order valence-electron chi connectivity index (χ0n) is 42.2. The third kappa shape index (κ3) is 8.79. The highest BCUT2D eigenvalue weighted by atomic mass is 15.0. The highest BCUT2D eigenvalue weighted by Crippen LogP contribution is 2.51. The molecule has 5 heteroatoms. The van der Waals surface area contributed by atoms with Gasteiger partial charge in [0.15, 0.2) is 17.5 Å². The van der Waals surface area contributed by atoms with Crippen LogP contribution < -0.4 is 0 Å². The number of para-hydroxylation sites is 2. The van der Waals surface area contributed by atoms with Crippen molar-refractivity contribution >= 4 is 43.5 Å². The molecule has 5 nitrogen and oxygen atoms in total. The number of allylic oxidation sites excluding steroid dienone is 7. The first-order chi connectivity index (χ1) is 35.1. The maximum atomic E-state index is 5.06. The van der Waals surface area contributed by atoms with Crippen molar-refractivity contribution in [1.82, 2.24) is 24.1 Å². The molecule has 8 aromatic carbocycles. The van der Waals surface area contributed by atoms with Crippen LogP contribution in [0, 0.1) is 0 Å². The smallest absolute Gasteiger partial charge is 0.164 e. The number of hydrogen-bond donors (Lipinski definition) is 0. The van der Waals surface area contributed by atoms with Crippen molar-refractivity contribution < 1.29 is 0 Å². The Kier molecular flexibility index (Phi) is 13.0. The molecule has 1 aliphatic rings. The molecule has 12 rings (SSSR count). The maximum Gasteiger partial charge on any atom is 0.164 e. The average molecular weight is 934 g/mol. The summed E-state index contributed by atoms with van der Waals surface area (Å²) in [5.41, 5.74) is 16.1. The summed E-state index contributed by atoms with van der Waals surface area (Å²) >= 11 is 0. The lowest BCUT2D eigenvalue weighted by Gasteiger charge is -2.23.